The van der Waals surface area contributed by atoms with Crippen LogP contribution in [0.2, 0.25) is 0 Å². The number of aromatic nitrogens is 3. The van der Waals surface area contributed by atoms with Gasteiger partial charge >= 0.3 is 35.0 Å². The van der Waals surface area contributed by atoms with Gasteiger partial charge in [0.25, 0.3) is 0 Å². The molecule has 1 aliphatic carbocycles. The van der Waals surface area contributed by atoms with E-state index in [1.54, 1.807) is 0 Å². The molecule has 3 aromatic heterocycles. The van der Waals surface area contributed by atoms with Crippen molar-refractivity contribution in [2.75, 3.05) is 13.7 Å². The number of esters is 2. The maximum absolute atomic E-state index is 14.3. The molecule has 2 aliphatic heterocycles. The van der Waals surface area contributed by atoms with E-state index in [1.165, 1.54) is 38.4 Å². The Morgan fingerprint density at radius 2 is 1.64 bits per heavy atom. The SMILES string of the molecule is C=Cc1c2[n-]c(c1C)/C=C1\[N-]/C(=C3\c4[n-]c(c(C)c4C(=O)[C@@H]3C(=O)OC)/C=c3\[n-]/c(c(C)c3CC)=C\2)[C@@H](CCC(=O)OC/C=C(\C)CCC[C@H](C)CCCC)[C@@H]1C.[Mg+2]. The molecule has 0 aromatic carbocycles. The van der Waals surface area contributed by atoms with Gasteiger partial charge in [0, 0.05) is 12.0 Å². The van der Waals surface area contributed by atoms with Crippen molar-refractivity contribution in [1.29, 1.82) is 0 Å². The normalized spacial score (nSPS) is 22.2. The fourth-order valence-electron chi connectivity index (χ4n) is 8.80. The van der Waals surface area contributed by atoms with Crippen LogP contribution in [0.1, 0.15) is 147 Å². The van der Waals surface area contributed by atoms with Gasteiger partial charge in [0.2, 0.25) is 0 Å². The van der Waals surface area contributed by atoms with Crippen molar-refractivity contribution < 1.29 is 23.9 Å². The van der Waals surface area contributed by atoms with Crippen LogP contribution in [0.15, 0.2) is 29.6 Å². The van der Waals surface area contributed by atoms with Gasteiger partial charge in [-0.2, -0.15) is 11.4 Å². The zero-order valence-electron chi connectivity index (χ0n) is 36.0. The maximum Gasteiger partial charge on any atom is 2.00 e. The molecule has 1 fully saturated rings. The third-order valence-electron chi connectivity index (χ3n) is 12.4. The van der Waals surface area contributed by atoms with E-state index < -0.39 is 11.9 Å². The number of ketones is 1. The summed E-state index contributed by atoms with van der Waals surface area (Å²) in [7, 11) is 1.29. The summed E-state index contributed by atoms with van der Waals surface area (Å²) in [6, 6.07) is 0. The first-order valence-corrected chi connectivity index (χ1v) is 20.8. The van der Waals surface area contributed by atoms with Crippen LogP contribution >= 0.6 is 0 Å². The Morgan fingerprint density at radius 3 is 2.33 bits per heavy atom. The van der Waals surface area contributed by atoms with Crippen LogP contribution in [-0.2, 0) is 25.5 Å². The molecule has 10 heteroatoms. The molecule has 0 N–H and O–H groups in total. The zero-order valence-corrected chi connectivity index (χ0v) is 37.4. The van der Waals surface area contributed by atoms with Crippen LogP contribution in [0.25, 0.3) is 35.2 Å². The molecule has 58 heavy (non-hydrogen) atoms. The van der Waals surface area contributed by atoms with Gasteiger partial charge in [-0.15, -0.1) is 33.5 Å². The third-order valence-corrected chi connectivity index (χ3v) is 12.4. The molecule has 8 bridgehead atoms. The molecule has 4 atom stereocenters. The molecule has 304 valence electrons. The summed E-state index contributed by atoms with van der Waals surface area (Å²) in [5, 5.41) is 6.81. The van der Waals surface area contributed by atoms with Crippen molar-refractivity contribution >= 4 is 70.7 Å². The van der Waals surface area contributed by atoms with E-state index >= 15 is 0 Å². The number of rotatable bonds is 15. The van der Waals surface area contributed by atoms with Crippen molar-refractivity contribution in [2.24, 2.45) is 23.7 Å². The Labute approximate surface area is 360 Å². The van der Waals surface area contributed by atoms with Crippen molar-refractivity contribution in [3.63, 3.8) is 0 Å². The summed E-state index contributed by atoms with van der Waals surface area (Å²) in [6.45, 7) is 21.1. The molecule has 0 radical (unpaired) electrons. The number of allylic oxidation sites excluding steroid dienone is 3. The van der Waals surface area contributed by atoms with E-state index in [2.05, 4.69) is 48.1 Å². The molecule has 3 aliphatic rings. The number of Topliss-reactive ketones (excluding diaryl/α,β-unsaturated/α-hetero) is 1. The van der Waals surface area contributed by atoms with Gasteiger partial charge in [-0.05, 0) is 82.8 Å². The number of carbonyl (C=O) groups is 3. The number of hydrogen-bond donors (Lipinski definition) is 0. The van der Waals surface area contributed by atoms with Gasteiger partial charge in [0.05, 0.1) is 7.11 Å². The first kappa shape index (κ1) is 44.8. The summed E-state index contributed by atoms with van der Waals surface area (Å²) in [6.07, 6.45) is 18.2. The van der Waals surface area contributed by atoms with Crippen LogP contribution in [-0.4, -0.2) is 54.5 Å². The van der Waals surface area contributed by atoms with Gasteiger partial charge in [0.1, 0.15) is 12.5 Å². The molecule has 1 saturated heterocycles. The zero-order chi connectivity index (χ0) is 41.1. The van der Waals surface area contributed by atoms with E-state index in [9.17, 15) is 14.4 Å². The van der Waals surface area contributed by atoms with E-state index in [1.807, 2.05) is 44.2 Å². The number of unbranched alkanes of at least 4 members (excludes halogenated alkanes) is 1. The fourth-order valence-corrected chi connectivity index (χ4v) is 8.80. The Kier molecular flexibility index (Phi) is 14.8. The Morgan fingerprint density at radius 1 is 0.931 bits per heavy atom. The van der Waals surface area contributed by atoms with Crippen molar-refractivity contribution in [3.8, 4) is 0 Å². The number of hydrogen-bond acceptors (Lipinski definition) is 5. The van der Waals surface area contributed by atoms with Gasteiger partial charge in [-0.1, -0.05) is 118 Å². The van der Waals surface area contributed by atoms with E-state index in [0.29, 0.717) is 40.2 Å². The smallest absolute Gasteiger partial charge is 0.664 e. The number of ether oxygens (including phenoxy) is 2. The molecule has 9 nitrogen and oxygen atoms in total. The molecule has 0 saturated carbocycles. The summed E-state index contributed by atoms with van der Waals surface area (Å²) in [4.78, 5) is 56.3. The molecule has 5 heterocycles. The van der Waals surface area contributed by atoms with Crippen LogP contribution in [0.5, 0.6) is 0 Å². The molecular weight excluding hydrogens is 737 g/mol. The fraction of sp³-hybridized carbons (Fsp3) is 0.479. The standard InChI is InChI=1S/C48H59N4O5.Mg/c1-11-14-16-26(4)17-15-18-27(5)21-22-57-41(53)20-19-34-30(8)37-23-35-28(6)32(12-2)39(49-35)24-36-29(7)33(13-3)40(50-36)25-38-31(9)42-46(52-38)43(45(34)51-37)44(47(42)54)48(55)56-10;/h12,21,23-26,30,34,44H,2,11,13-20,22H2,1,3-10H3,(H-,51,52,54);/q-3;+2/p-1/b27-21+,36-24-,37-23-,40-25-;/t26-,30+,34+,44-;/m1./s1. The third kappa shape index (κ3) is 8.83. The summed E-state index contributed by atoms with van der Waals surface area (Å²) < 4.78 is 11.0. The monoisotopic (exact) mass is 794 g/mol. The maximum atomic E-state index is 14.3. The van der Waals surface area contributed by atoms with Crippen molar-refractivity contribution in [1.82, 2.24) is 15.0 Å². The molecule has 0 unspecified atom stereocenters. The molecule has 6 rings (SSSR count). The molecule has 3 aromatic rings. The second-order valence-corrected chi connectivity index (χ2v) is 16.2. The number of fused-ring (bicyclic) bond motifs is 7. The van der Waals surface area contributed by atoms with Crippen LogP contribution in [0.3, 0.4) is 0 Å². The second kappa shape index (κ2) is 19.2. The second-order valence-electron chi connectivity index (χ2n) is 16.2. The van der Waals surface area contributed by atoms with Crippen LogP contribution in [0, 0.1) is 44.4 Å². The van der Waals surface area contributed by atoms with Gasteiger partial charge < -0.3 is 29.7 Å². The quantitative estimate of drug-likeness (QED) is 0.0658. The van der Waals surface area contributed by atoms with E-state index in [-0.39, 0.29) is 59.7 Å². The molecule has 0 amide bonds. The summed E-state index contributed by atoms with van der Waals surface area (Å²) in [5.41, 5.74) is 10.7. The minimum absolute atomic E-state index is 0. The minimum Gasteiger partial charge on any atom is -0.664 e. The van der Waals surface area contributed by atoms with E-state index in [0.717, 1.165) is 75.2 Å². The summed E-state index contributed by atoms with van der Waals surface area (Å²) >= 11 is 0. The minimum atomic E-state index is -1.22. The summed E-state index contributed by atoms with van der Waals surface area (Å²) in [5.74, 6) is -2.30. The van der Waals surface area contributed by atoms with Gasteiger partial charge in [0.15, 0.2) is 5.78 Å². The number of nitrogens with zero attached hydrogens (tertiary/aromatic N) is 4. The largest absolute Gasteiger partial charge is 2.00 e. The van der Waals surface area contributed by atoms with Crippen molar-refractivity contribution in [3.05, 3.63) is 102 Å². The Balaban J connectivity index is 0.00000641. The average molecular weight is 795 g/mol. The number of methoxy groups -OCH3 is 1. The van der Waals surface area contributed by atoms with Gasteiger partial charge in [-0.3, -0.25) is 14.4 Å². The predicted molar refractivity (Wildman–Crippen MR) is 232 cm³/mol. The first-order chi connectivity index (χ1) is 27.3. The predicted octanol–water partition coefficient (Wildman–Crippen LogP) is 7.92. The topological polar surface area (TPSA) is 126 Å². The van der Waals surface area contributed by atoms with Crippen molar-refractivity contribution in [2.45, 2.75) is 113 Å². The van der Waals surface area contributed by atoms with Gasteiger partial charge in [-0.25, -0.2) is 0 Å². The number of carbonyl (C=O) groups excluding carboxylic acids is 3. The average Bonchev–Trinajstić information content (AvgIpc) is 3.93. The molecule has 0 spiro atoms. The van der Waals surface area contributed by atoms with Crippen LogP contribution < -0.4 is 25.7 Å². The molecular formula is C48H58MgN4O5-2. The van der Waals surface area contributed by atoms with Crippen LogP contribution in [0.4, 0.5) is 0 Å². The van der Waals surface area contributed by atoms with E-state index in [4.69, 9.17) is 29.7 Å². The Hall–Kier alpha value is -4.28. The first-order valence-electron chi connectivity index (χ1n) is 20.8. The Bertz CT molecular complexity index is 2300.